The third-order valence-electron chi connectivity index (χ3n) is 3.08. The maximum absolute atomic E-state index is 12.0. The molecule has 2 aromatic heterocycles. The Balaban J connectivity index is 1.74. The van der Waals surface area contributed by atoms with E-state index >= 15 is 0 Å². The van der Waals surface area contributed by atoms with E-state index in [1.54, 1.807) is 38.3 Å². The second-order valence-electron chi connectivity index (χ2n) is 4.71. The van der Waals surface area contributed by atoms with Crippen LogP contribution in [0.4, 0.5) is 0 Å². The lowest BCUT2D eigenvalue weighted by Gasteiger charge is -2.05. The fraction of sp³-hybridized carbons (Fsp3) is 0.200. The Labute approximate surface area is 135 Å². The van der Waals surface area contributed by atoms with E-state index in [0.717, 1.165) is 5.01 Å². The van der Waals surface area contributed by atoms with Gasteiger partial charge in [-0.2, -0.15) is 9.61 Å². The molecule has 0 aliphatic rings. The molecule has 2 heterocycles. The van der Waals surface area contributed by atoms with E-state index in [9.17, 15) is 9.59 Å². The molecule has 0 aliphatic heterocycles. The van der Waals surface area contributed by atoms with E-state index in [-0.39, 0.29) is 12.2 Å². The molecule has 0 amide bonds. The Morgan fingerprint density at radius 3 is 2.74 bits per heavy atom. The molecule has 0 unspecified atom stereocenters. The van der Waals surface area contributed by atoms with Gasteiger partial charge in [0.1, 0.15) is 17.4 Å². The molecular weight excluding hydrogens is 318 g/mol. The molecule has 3 rings (SSSR count). The van der Waals surface area contributed by atoms with Gasteiger partial charge in [0, 0.05) is 6.07 Å². The summed E-state index contributed by atoms with van der Waals surface area (Å²) in [6, 6.07) is 7.88. The number of aryl methyl sites for hydroxylation is 1. The Bertz CT molecular complexity index is 915. The van der Waals surface area contributed by atoms with Crippen LogP contribution in [0.5, 0.6) is 5.75 Å². The molecule has 23 heavy (non-hydrogen) atoms. The molecule has 0 atom stereocenters. The van der Waals surface area contributed by atoms with Gasteiger partial charge < -0.3 is 9.47 Å². The van der Waals surface area contributed by atoms with Crippen LogP contribution in [-0.2, 0) is 11.3 Å². The highest BCUT2D eigenvalue weighted by Crippen LogP contribution is 2.13. The van der Waals surface area contributed by atoms with E-state index < -0.39 is 5.97 Å². The lowest BCUT2D eigenvalue weighted by Crippen LogP contribution is -2.16. The molecule has 0 bridgehead atoms. The van der Waals surface area contributed by atoms with Crippen molar-refractivity contribution in [1.82, 2.24) is 14.6 Å². The van der Waals surface area contributed by atoms with Crippen molar-refractivity contribution in [2.75, 3.05) is 7.11 Å². The Hall–Kier alpha value is -2.74. The number of carbonyl (C=O) groups excluding carboxylic acids is 1. The van der Waals surface area contributed by atoms with E-state index in [4.69, 9.17) is 9.47 Å². The van der Waals surface area contributed by atoms with Crippen molar-refractivity contribution in [3.8, 4) is 5.75 Å². The number of rotatable bonds is 4. The normalized spacial score (nSPS) is 10.7. The van der Waals surface area contributed by atoms with Gasteiger partial charge in [0.05, 0.1) is 18.4 Å². The van der Waals surface area contributed by atoms with Gasteiger partial charge in [-0.3, -0.25) is 4.79 Å². The lowest BCUT2D eigenvalue weighted by atomic mass is 10.2. The fourth-order valence-electron chi connectivity index (χ4n) is 1.98. The van der Waals surface area contributed by atoms with Crippen LogP contribution < -0.4 is 10.3 Å². The highest BCUT2D eigenvalue weighted by Gasteiger charge is 2.11. The van der Waals surface area contributed by atoms with Crippen molar-refractivity contribution in [1.29, 1.82) is 0 Å². The van der Waals surface area contributed by atoms with Crippen LogP contribution in [0.25, 0.3) is 4.96 Å². The molecule has 0 saturated carbocycles. The highest BCUT2D eigenvalue weighted by atomic mass is 32.1. The summed E-state index contributed by atoms with van der Waals surface area (Å²) in [5, 5.41) is 4.79. The van der Waals surface area contributed by atoms with Crippen LogP contribution in [0, 0.1) is 6.92 Å². The zero-order valence-corrected chi connectivity index (χ0v) is 13.3. The summed E-state index contributed by atoms with van der Waals surface area (Å²) >= 11 is 1.30. The lowest BCUT2D eigenvalue weighted by molar-refractivity contribution is 0.0467. The topological polar surface area (TPSA) is 82.8 Å². The summed E-state index contributed by atoms with van der Waals surface area (Å²) in [5.74, 6) is 0.164. The standard InChI is InChI=1S/C15H13N3O4S/c1-9-17-18-13(19)7-11(16-15(18)23-9)8-22-14(20)10-3-5-12(21-2)6-4-10/h3-7H,8H2,1-2H3. The van der Waals surface area contributed by atoms with Gasteiger partial charge in [0.15, 0.2) is 0 Å². The molecule has 0 spiro atoms. The van der Waals surface area contributed by atoms with Crippen LogP contribution >= 0.6 is 11.3 Å². The number of nitrogens with zero attached hydrogens (tertiary/aromatic N) is 3. The minimum atomic E-state index is -0.491. The first kappa shape index (κ1) is 15.2. The summed E-state index contributed by atoms with van der Waals surface area (Å²) in [4.78, 5) is 28.6. The third kappa shape index (κ3) is 3.21. The second-order valence-corrected chi connectivity index (χ2v) is 5.87. The van der Waals surface area contributed by atoms with Crippen molar-refractivity contribution in [3.63, 3.8) is 0 Å². The highest BCUT2D eigenvalue weighted by molar-refractivity contribution is 7.16. The summed E-state index contributed by atoms with van der Waals surface area (Å²) in [6.07, 6.45) is 0. The molecule has 0 saturated heterocycles. The first-order chi connectivity index (χ1) is 11.1. The van der Waals surface area contributed by atoms with Crippen LogP contribution in [0.1, 0.15) is 21.1 Å². The predicted octanol–water partition coefficient (Wildman–Crippen LogP) is 1.83. The average Bonchev–Trinajstić information content (AvgIpc) is 2.93. The fourth-order valence-corrected chi connectivity index (χ4v) is 2.74. The van der Waals surface area contributed by atoms with Gasteiger partial charge in [0.25, 0.3) is 5.56 Å². The molecule has 7 nitrogen and oxygen atoms in total. The second kappa shape index (κ2) is 6.17. The Kier molecular flexibility index (Phi) is 4.07. The van der Waals surface area contributed by atoms with Gasteiger partial charge in [-0.25, -0.2) is 9.78 Å². The van der Waals surface area contributed by atoms with Gasteiger partial charge in [-0.15, -0.1) is 0 Å². The first-order valence-corrected chi connectivity index (χ1v) is 7.56. The average molecular weight is 331 g/mol. The van der Waals surface area contributed by atoms with Gasteiger partial charge in [-0.05, 0) is 31.2 Å². The predicted molar refractivity (Wildman–Crippen MR) is 84.0 cm³/mol. The molecule has 0 radical (unpaired) electrons. The third-order valence-corrected chi connectivity index (χ3v) is 3.90. The molecule has 118 valence electrons. The smallest absolute Gasteiger partial charge is 0.338 e. The zero-order valence-electron chi connectivity index (χ0n) is 12.5. The van der Waals surface area contributed by atoms with E-state index in [1.807, 2.05) is 0 Å². The number of esters is 1. The Morgan fingerprint density at radius 1 is 1.30 bits per heavy atom. The van der Waals surface area contributed by atoms with Crippen molar-refractivity contribution in [3.05, 3.63) is 57.0 Å². The van der Waals surface area contributed by atoms with Crippen molar-refractivity contribution in [2.24, 2.45) is 0 Å². The number of hydrogen-bond donors (Lipinski definition) is 0. The maximum atomic E-state index is 12.0. The van der Waals surface area contributed by atoms with Crippen molar-refractivity contribution in [2.45, 2.75) is 13.5 Å². The molecular formula is C15H13N3O4S. The summed E-state index contributed by atoms with van der Waals surface area (Å²) in [7, 11) is 1.55. The molecule has 0 N–H and O–H groups in total. The molecule has 8 heteroatoms. The number of hydrogen-bond acceptors (Lipinski definition) is 7. The first-order valence-electron chi connectivity index (χ1n) is 6.74. The van der Waals surface area contributed by atoms with Crippen molar-refractivity contribution >= 4 is 22.3 Å². The van der Waals surface area contributed by atoms with E-state index in [1.165, 1.54) is 21.9 Å². The SMILES string of the molecule is COc1ccc(C(=O)OCc2cc(=O)n3nc(C)sc3n2)cc1. The van der Waals surface area contributed by atoms with Gasteiger partial charge >= 0.3 is 5.97 Å². The van der Waals surface area contributed by atoms with Crippen molar-refractivity contribution < 1.29 is 14.3 Å². The summed E-state index contributed by atoms with van der Waals surface area (Å²) in [6.45, 7) is 1.72. The number of fused-ring (bicyclic) bond motifs is 1. The van der Waals surface area contributed by atoms with Crippen LogP contribution in [0.2, 0.25) is 0 Å². The van der Waals surface area contributed by atoms with Crippen LogP contribution in [0.15, 0.2) is 35.1 Å². The largest absolute Gasteiger partial charge is 0.497 e. The van der Waals surface area contributed by atoms with Gasteiger partial charge in [-0.1, -0.05) is 11.3 Å². The molecule has 0 fully saturated rings. The maximum Gasteiger partial charge on any atom is 0.338 e. The number of benzene rings is 1. The number of methoxy groups -OCH3 is 1. The van der Waals surface area contributed by atoms with E-state index in [0.29, 0.717) is 22.0 Å². The Morgan fingerprint density at radius 2 is 2.04 bits per heavy atom. The van der Waals surface area contributed by atoms with Gasteiger partial charge in [0.2, 0.25) is 4.96 Å². The van der Waals surface area contributed by atoms with Crippen LogP contribution in [0.3, 0.4) is 0 Å². The number of carbonyl (C=O) groups is 1. The van der Waals surface area contributed by atoms with Crippen LogP contribution in [-0.4, -0.2) is 27.7 Å². The monoisotopic (exact) mass is 331 g/mol. The summed E-state index contributed by atoms with van der Waals surface area (Å²) < 4.78 is 11.5. The van der Waals surface area contributed by atoms with E-state index in [2.05, 4.69) is 10.1 Å². The minimum absolute atomic E-state index is 0.0758. The molecule has 1 aromatic carbocycles. The summed E-state index contributed by atoms with van der Waals surface area (Å²) in [5.41, 5.74) is 0.493. The zero-order chi connectivity index (χ0) is 16.4. The quantitative estimate of drug-likeness (QED) is 0.678. The minimum Gasteiger partial charge on any atom is -0.497 e. The number of ether oxygens (including phenoxy) is 2. The molecule has 3 aromatic rings. The molecule has 0 aliphatic carbocycles. The number of aromatic nitrogens is 3.